The van der Waals surface area contributed by atoms with E-state index in [1.165, 1.54) is 12.1 Å². The molecule has 61 heavy (non-hydrogen) atoms. The summed E-state index contributed by atoms with van der Waals surface area (Å²) >= 11 is 0. The second-order valence-corrected chi connectivity index (χ2v) is 15.6. The fraction of sp³-hybridized carbons (Fsp3) is 0.120. The molecule has 3 aliphatic heterocycles. The maximum absolute atomic E-state index is 11.6. The molecule has 6 atom stereocenters. The van der Waals surface area contributed by atoms with Crippen LogP contribution in [0.4, 0.5) is 0 Å². The molecule has 0 spiro atoms. The molecule has 7 aromatic rings. The van der Waals surface area contributed by atoms with Crippen LogP contribution in [0.2, 0.25) is 0 Å². The Morgan fingerprint density at radius 2 is 0.738 bits per heavy atom. The van der Waals surface area contributed by atoms with Crippen LogP contribution in [0.3, 0.4) is 0 Å². The lowest BCUT2D eigenvalue weighted by molar-refractivity contribution is 0.178. The lowest BCUT2D eigenvalue weighted by Gasteiger charge is -2.28. The van der Waals surface area contributed by atoms with Crippen LogP contribution in [0, 0.1) is 0 Å². The summed E-state index contributed by atoms with van der Waals surface area (Å²) in [6.45, 7) is 0. The van der Waals surface area contributed by atoms with Crippen molar-refractivity contribution in [2.75, 3.05) is 0 Å². The van der Waals surface area contributed by atoms with Gasteiger partial charge >= 0.3 is 0 Å². The molecule has 0 radical (unpaired) electrons. The molecule has 0 amide bonds. The highest BCUT2D eigenvalue weighted by Gasteiger charge is 2.48. The van der Waals surface area contributed by atoms with Crippen LogP contribution in [0.1, 0.15) is 86.1 Å². The van der Waals surface area contributed by atoms with Crippen LogP contribution in [0.15, 0.2) is 146 Å². The second kappa shape index (κ2) is 14.4. The first kappa shape index (κ1) is 37.4. The number of ether oxygens (including phenoxy) is 3. The Kier molecular flexibility index (Phi) is 8.83. The van der Waals surface area contributed by atoms with Crippen molar-refractivity contribution in [3.05, 3.63) is 196 Å². The zero-order valence-electron chi connectivity index (χ0n) is 32.1. The standard InChI is InChI=1S/C50H38O11/c51-30-9-1-25(2-10-30)41-24-39(48(59-41)26-3-11-31(52)12-4-26)38-20-36(57)22-42-45(38)47(50(61-42)28-7-15-33(54)16-8-28)40-21-37(58)23-43-46(40)44(29-17-34(55)19-35(56)18-29)49(60-43)27-5-13-32(53)14-6-27/h1-24,39,44,47-58H/t39-,44+,47+,48+,49+,50+/m1/s1. The molecular weight excluding hydrogens is 777 g/mol. The Labute approximate surface area is 349 Å². The van der Waals surface area contributed by atoms with E-state index >= 15 is 0 Å². The predicted molar refractivity (Wildman–Crippen MR) is 223 cm³/mol. The van der Waals surface area contributed by atoms with Crippen LogP contribution in [-0.4, -0.2) is 40.9 Å². The van der Waals surface area contributed by atoms with Crippen LogP contribution >= 0.6 is 0 Å². The van der Waals surface area contributed by atoms with Gasteiger partial charge in [0, 0.05) is 40.8 Å². The molecule has 3 aliphatic rings. The normalized spacial score (nSPS) is 21.1. The fourth-order valence-electron chi connectivity index (χ4n) is 9.16. The predicted octanol–water partition coefficient (Wildman–Crippen LogP) is 9.76. The smallest absolute Gasteiger partial charge is 0.135 e. The minimum Gasteiger partial charge on any atom is -0.508 e. The number of benzene rings is 7. The lowest BCUT2D eigenvalue weighted by atomic mass is 9.74. The molecule has 0 aliphatic carbocycles. The van der Waals surface area contributed by atoms with Crippen molar-refractivity contribution < 1.29 is 55.1 Å². The molecule has 0 fully saturated rings. The maximum atomic E-state index is 11.6. The topological polar surface area (TPSA) is 190 Å². The molecule has 10 rings (SSSR count). The van der Waals surface area contributed by atoms with Gasteiger partial charge in [-0.1, -0.05) is 36.4 Å². The molecule has 0 saturated heterocycles. The summed E-state index contributed by atoms with van der Waals surface area (Å²) < 4.78 is 20.3. The van der Waals surface area contributed by atoms with Gasteiger partial charge in [-0.05, 0) is 124 Å². The minimum atomic E-state index is -0.789. The van der Waals surface area contributed by atoms with Gasteiger partial charge in [-0.2, -0.15) is 0 Å². The summed E-state index contributed by atoms with van der Waals surface area (Å²) in [5, 5.41) is 85.6. The van der Waals surface area contributed by atoms with Gasteiger partial charge in [-0.25, -0.2) is 0 Å². The van der Waals surface area contributed by atoms with Crippen LogP contribution in [0.5, 0.6) is 57.5 Å². The van der Waals surface area contributed by atoms with Gasteiger partial charge in [0.05, 0.1) is 11.8 Å². The van der Waals surface area contributed by atoms with Crippen molar-refractivity contribution in [3.8, 4) is 57.5 Å². The summed E-state index contributed by atoms with van der Waals surface area (Å²) in [6.07, 6.45) is -0.241. The lowest BCUT2D eigenvalue weighted by Crippen LogP contribution is -2.17. The van der Waals surface area contributed by atoms with Gasteiger partial charge in [-0.3, -0.25) is 0 Å². The number of rotatable bonds is 7. The van der Waals surface area contributed by atoms with Crippen LogP contribution < -0.4 is 9.47 Å². The molecule has 7 aromatic carbocycles. The Morgan fingerprint density at radius 3 is 1.25 bits per heavy atom. The van der Waals surface area contributed by atoms with E-state index in [0.29, 0.717) is 61.8 Å². The molecule has 0 saturated carbocycles. The number of aromatic hydroxyl groups is 8. The molecule has 0 aromatic heterocycles. The quantitative estimate of drug-likeness (QED) is 0.0765. The largest absolute Gasteiger partial charge is 0.508 e. The van der Waals surface area contributed by atoms with Gasteiger partial charge < -0.3 is 55.1 Å². The van der Waals surface area contributed by atoms with Crippen molar-refractivity contribution in [2.45, 2.75) is 36.1 Å². The molecule has 8 N–H and O–H groups in total. The first-order chi connectivity index (χ1) is 29.5. The number of phenols is 8. The fourth-order valence-corrected chi connectivity index (χ4v) is 9.16. The van der Waals surface area contributed by atoms with E-state index in [1.807, 2.05) is 6.08 Å². The highest BCUT2D eigenvalue weighted by atomic mass is 16.5. The number of fused-ring (bicyclic) bond motifs is 2. The highest BCUT2D eigenvalue weighted by molar-refractivity contribution is 5.69. The molecule has 0 bridgehead atoms. The third-order valence-corrected chi connectivity index (χ3v) is 11.8. The van der Waals surface area contributed by atoms with Crippen LogP contribution in [-0.2, 0) is 4.74 Å². The number of phenolic OH excluding ortho intramolecular Hbond substituents is 8. The van der Waals surface area contributed by atoms with Crippen molar-refractivity contribution in [2.24, 2.45) is 0 Å². The highest BCUT2D eigenvalue weighted by Crippen LogP contribution is 2.61. The second-order valence-electron chi connectivity index (χ2n) is 15.6. The maximum Gasteiger partial charge on any atom is 0.135 e. The van der Waals surface area contributed by atoms with E-state index in [9.17, 15) is 40.9 Å². The molecule has 0 unspecified atom stereocenters. The van der Waals surface area contributed by atoms with Crippen molar-refractivity contribution in [3.63, 3.8) is 0 Å². The Morgan fingerprint density at radius 1 is 0.328 bits per heavy atom. The van der Waals surface area contributed by atoms with E-state index in [0.717, 1.165) is 5.56 Å². The minimum absolute atomic E-state index is 0.0491. The van der Waals surface area contributed by atoms with E-state index in [1.54, 1.807) is 127 Å². The summed E-state index contributed by atoms with van der Waals surface area (Å²) in [6, 6.07) is 37.3. The van der Waals surface area contributed by atoms with E-state index in [2.05, 4.69) is 0 Å². The summed E-state index contributed by atoms with van der Waals surface area (Å²) in [5.74, 6) is -0.959. The molecular formula is C50H38O11. The average molecular weight is 815 g/mol. The first-order valence-corrected chi connectivity index (χ1v) is 19.6. The molecule has 3 heterocycles. The number of hydrogen-bond donors (Lipinski definition) is 8. The van der Waals surface area contributed by atoms with Gasteiger partial charge in [0.2, 0.25) is 0 Å². The van der Waals surface area contributed by atoms with Crippen molar-refractivity contribution in [1.82, 2.24) is 0 Å². The van der Waals surface area contributed by atoms with E-state index in [-0.39, 0.29) is 46.0 Å². The van der Waals surface area contributed by atoms with Gasteiger partial charge in [0.15, 0.2) is 0 Å². The Hall–Kier alpha value is -7.92. The molecule has 11 heteroatoms. The number of hydrogen-bond acceptors (Lipinski definition) is 11. The molecule has 304 valence electrons. The van der Waals surface area contributed by atoms with Crippen molar-refractivity contribution in [1.29, 1.82) is 0 Å². The van der Waals surface area contributed by atoms with Crippen LogP contribution in [0.25, 0.3) is 5.76 Å². The first-order valence-electron chi connectivity index (χ1n) is 19.6. The zero-order chi connectivity index (χ0) is 42.1. The summed E-state index contributed by atoms with van der Waals surface area (Å²) in [4.78, 5) is 0. The Balaban J connectivity index is 1.22. The Bertz CT molecular complexity index is 2810. The van der Waals surface area contributed by atoms with Crippen molar-refractivity contribution >= 4 is 5.76 Å². The van der Waals surface area contributed by atoms with E-state index in [4.69, 9.17) is 14.2 Å². The summed E-state index contributed by atoms with van der Waals surface area (Å²) in [7, 11) is 0. The monoisotopic (exact) mass is 814 g/mol. The van der Waals surface area contributed by atoms with Gasteiger partial charge in [0.1, 0.15) is 81.6 Å². The summed E-state index contributed by atoms with van der Waals surface area (Å²) in [5.41, 5.74) is 5.88. The third-order valence-electron chi connectivity index (χ3n) is 11.8. The van der Waals surface area contributed by atoms with E-state index < -0.39 is 36.1 Å². The van der Waals surface area contributed by atoms with Gasteiger partial charge in [-0.15, -0.1) is 0 Å². The SMILES string of the molecule is Oc1ccc(C2=C[C@H](c3cc(O)cc4c3[C@H](c3cc(O)cc5c3[C@H](c3cc(O)cc(O)c3)[C@H](c3ccc(O)cc3)O5)[C@H](c3ccc(O)cc3)O4)[C@H](c3ccc(O)cc3)O2)cc1. The zero-order valence-corrected chi connectivity index (χ0v) is 32.1. The average Bonchev–Trinajstić information content (AvgIpc) is 3.95. The third kappa shape index (κ3) is 6.66. The van der Waals surface area contributed by atoms with Gasteiger partial charge in [0.25, 0.3) is 0 Å². The molecule has 11 nitrogen and oxygen atoms in total.